The minimum Gasteiger partial charge on any atom is -0.326 e. The van der Waals surface area contributed by atoms with Crippen LogP contribution in [-0.2, 0) is 6.54 Å². The summed E-state index contributed by atoms with van der Waals surface area (Å²) in [6.07, 6.45) is 6.96. The monoisotopic (exact) mass is 357 g/mol. The summed E-state index contributed by atoms with van der Waals surface area (Å²) >= 11 is 0. The van der Waals surface area contributed by atoms with E-state index in [-0.39, 0.29) is 11.6 Å². The molecule has 0 amide bonds. The zero-order valence-electron chi connectivity index (χ0n) is 16.3. The maximum Gasteiger partial charge on any atom is 0.159 e. The third-order valence-corrected chi connectivity index (χ3v) is 4.49. The van der Waals surface area contributed by atoms with Gasteiger partial charge in [0, 0.05) is 12.1 Å². The van der Waals surface area contributed by atoms with Gasteiger partial charge >= 0.3 is 0 Å². The number of halogens is 1. The molecule has 0 bridgehead atoms. The van der Waals surface area contributed by atoms with Gasteiger partial charge in [-0.15, -0.1) is 0 Å². The van der Waals surface area contributed by atoms with Crippen LogP contribution in [0.1, 0.15) is 80.3 Å². The number of ketones is 1. The first-order valence-corrected chi connectivity index (χ1v) is 9.65. The molecule has 142 valence electrons. The molecule has 2 aromatic rings. The Hall–Kier alpha value is -2.00. The third kappa shape index (κ3) is 7.49. The second-order valence-electron chi connectivity index (χ2n) is 6.35. The highest BCUT2D eigenvalue weighted by atomic mass is 19.1. The number of Topliss-reactive ketones (excluding diaryl/α,β-unsaturated/α-hetero) is 1. The molecule has 2 N–H and O–H groups in total. The molecule has 0 aromatic heterocycles. The van der Waals surface area contributed by atoms with Crippen LogP contribution < -0.4 is 5.73 Å². The van der Waals surface area contributed by atoms with Crippen LogP contribution in [0.4, 0.5) is 4.39 Å². The van der Waals surface area contributed by atoms with Gasteiger partial charge in [0.1, 0.15) is 5.82 Å². The predicted octanol–water partition coefficient (Wildman–Crippen LogP) is 6.25. The molecule has 0 spiro atoms. The maximum atomic E-state index is 12.4. The number of hydrogen-bond acceptors (Lipinski definition) is 2. The number of benzene rings is 2. The number of carbonyl (C=O) groups is 1. The molecule has 0 atom stereocenters. The van der Waals surface area contributed by atoms with Crippen molar-refractivity contribution in [3.8, 4) is 0 Å². The summed E-state index contributed by atoms with van der Waals surface area (Å²) in [5.41, 5.74) is 8.84. The molecular weight excluding hydrogens is 325 g/mol. The number of nitrogens with two attached hydrogens (primary N) is 1. The second kappa shape index (κ2) is 12.4. The zero-order chi connectivity index (χ0) is 19.4. The van der Waals surface area contributed by atoms with Gasteiger partial charge in [-0.3, -0.25) is 4.79 Å². The quantitative estimate of drug-likeness (QED) is 0.660. The molecule has 0 saturated heterocycles. The van der Waals surface area contributed by atoms with Gasteiger partial charge in [-0.1, -0.05) is 69.5 Å². The van der Waals surface area contributed by atoms with E-state index in [0.29, 0.717) is 12.1 Å². The molecule has 3 heteroatoms. The number of rotatable bonds is 3. The molecule has 0 radical (unpaired) electrons. The normalized spacial score (nSPS) is 13.7. The summed E-state index contributed by atoms with van der Waals surface area (Å²) in [6, 6.07) is 14.5. The smallest absolute Gasteiger partial charge is 0.159 e. The summed E-state index contributed by atoms with van der Waals surface area (Å²) in [4.78, 5) is 10.6. The van der Waals surface area contributed by atoms with Gasteiger partial charge in [0.05, 0.1) is 0 Å². The lowest BCUT2D eigenvalue weighted by Gasteiger charge is -2.22. The van der Waals surface area contributed by atoms with Crippen molar-refractivity contribution in [2.24, 2.45) is 5.73 Å². The summed E-state index contributed by atoms with van der Waals surface area (Å²) < 4.78 is 12.4. The van der Waals surface area contributed by atoms with E-state index in [1.165, 1.54) is 68.4 Å². The van der Waals surface area contributed by atoms with E-state index >= 15 is 0 Å². The van der Waals surface area contributed by atoms with Crippen molar-refractivity contribution in [2.45, 2.75) is 65.3 Å². The molecule has 1 saturated carbocycles. The van der Waals surface area contributed by atoms with Gasteiger partial charge in [-0.25, -0.2) is 4.39 Å². The van der Waals surface area contributed by atoms with Crippen LogP contribution in [0.5, 0.6) is 0 Å². The Morgan fingerprint density at radius 2 is 1.69 bits per heavy atom. The lowest BCUT2D eigenvalue weighted by molar-refractivity contribution is 0.101. The van der Waals surface area contributed by atoms with E-state index in [1.807, 2.05) is 13.8 Å². The topological polar surface area (TPSA) is 43.1 Å². The van der Waals surface area contributed by atoms with Crippen molar-refractivity contribution in [2.75, 3.05) is 0 Å². The average molecular weight is 358 g/mol. The van der Waals surface area contributed by atoms with Gasteiger partial charge in [0.15, 0.2) is 5.78 Å². The third-order valence-electron chi connectivity index (χ3n) is 4.49. The van der Waals surface area contributed by atoms with Crippen molar-refractivity contribution in [1.29, 1.82) is 0 Å². The van der Waals surface area contributed by atoms with Crippen molar-refractivity contribution < 1.29 is 9.18 Å². The van der Waals surface area contributed by atoms with E-state index in [0.717, 1.165) is 5.92 Å². The fourth-order valence-corrected chi connectivity index (χ4v) is 3.12. The van der Waals surface area contributed by atoms with Crippen LogP contribution in [-0.4, -0.2) is 5.78 Å². The van der Waals surface area contributed by atoms with Crippen LogP contribution in [0, 0.1) is 5.82 Å². The molecule has 1 aliphatic rings. The number of carbonyl (C=O) groups excluding carboxylic acids is 1. The van der Waals surface area contributed by atoms with Crippen molar-refractivity contribution >= 4 is 5.78 Å². The van der Waals surface area contributed by atoms with Gasteiger partial charge < -0.3 is 5.73 Å². The van der Waals surface area contributed by atoms with Crippen LogP contribution in [0.15, 0.2) is 48.5 Å². The van der Waals surface area contributed by atoms with Crippen LogP contribution >= 0.6 is 0 Å². The minimum atomic E-state index is -0.368. The molecule has 2 nitrogen and oxygen atoms in total. The highest BCUT2D eigenvalue weighted by Crippen LogP contribution is 2.32. The molecule has 1 aliphatic carbocycles. The Morgan fingerprint density at radius 3 is 2.23 bits per heavy atom. The fourth-order valence-electron chi connectivity index (χ4n) is 3.12. The molecule has 0 aliphatic heterocycles. The first-order chi connectivity index (χ1) is 12.6. The molecule has 26 heavy (non-hydrogen) atoms. The van der Waals surface area contributed by atoms with Crippen molar-refractivity contribution in [3.05, 3.63) is 71.0 Å². The highest BCUT2D eigenvalue weighted by Gasteiger charge is 2.15. The van der Waals surface area contributed by atoms with Crippen molar-refractivity contribution in [1.82, 2.24) is 0 Å². The van der Waals surface area contributed by atoms with Gasteiger partial charge in [0.25, 0.3) is 0 Å². The molecule has 3 rings (SSSR count). The Bertz CT molecular complexity index is 663. The highest BCUT2D eigenvalue weighted by molar-refractivity contribution is 5.93. The van der Waals surface area contributed by atoms with Crippen LogP contribution in [0.2, 0.25) is 0 Å². The Balaban J connectivity index is 0.000000249. The maximum absolute atomic E-state index is 12.4. The van der Waals surface area contributed by atoms with Crippen LogP contribution in [0.3, 0.4) is 0 Å². The average Bonchev–Trinajstić information content (AvgIpc) is 2.71. The largest absolute Gasteiger partial charge is 0.326 e. The lowest BCUT2D eigenvalue weighted by Crippen LogP contribution is -2.05. The van der Waals surface area contributed by atoms with Crippen LogP contribution in [0.25, 0.3) is 0 Å². The SMILES string of the molecule is CC.CC(=O)c1cccc(F)c1.NCc1cccc(C2CCCCC2)c1. The minimum absolute atomic E-state index is 0.112. The predicted molar refractivity (Wildman–Crippen MR) is 108 cm³/mol. The zero-order valence-corrected chi connectivity index (χ0v) is 16.3. The van der Waals surface area contributed by atoms with E-state index in [2.05, 4.69) is 24.3 Å². The second-order valence-corrected chi connectivity index (χ2v) is 6.35. The van der Waals surface area contributed by atoms with E-state index in [9.17, 15) is 9.18 Å². The van der Waals surface area contributed by atoms with E-state index < -0.39 is 0 Å². The first kappa shape index (κ1) is 22.0. The fraction of sp³-hybridized carbons (Fsp3) is 0.435. The summed E-state index contributed by atoms with van der Waals surface area (Å²) in [5.74, 6) is 0.322. The first-order valence-electron chi connectivity index (χ1n) is 9.65. The van der Waals surface area contributed by atoms with Gasteiger partial charge in [-0.05, 0) is 48.9 Å². The Kier molecular flexibility index (Phi) is 10.5. The molecule has 0 heterocycles. The van der Waals surface area contributed by atoms with E-state index in [4.69, 9.17) is 5.73 Å². The molecular formula is C23H32FNO. The standard InChI is InChI=1S/C13H19N.C8H7FO.C2H6/c14-10-11-5-4-8-13(9-11)12-6-2-1-3-7-12;1-6(10)7-3-2-4-8(9)5-7;1-2/h4-5,8-9,12H,1-3,6-7,10,14H2;2-5H,1H3;1-2H3. The molecule has 0 unspecified atom stereocenters. The lowest BCUT2D eigenvalue weighted by atomic mass is 9.84. The Morgan fingerprint density at radius 1 is 1.04 bits per heavy atom. The van der Waals surface area contributed by atoms with E-state index in [1.54, 1.807) is 6.07 Å². The van der Waals surface area contributed by atoms with Gasteiger partial charge in [0.2, 0.25) is 0 Å². The summed E-state index contributed by atoms with van der Waals surface area (Å²) in [6.45, 7) is 6.08. The Labute approximate surface area is 157 Å². The number of hydrogen-bond donors (Lipinski definition) is 1. The summed E-state index contributed by atoms with van der Waals surface area (Å²) in [7, 11) is 0. The molecule has 2 aromatic carbocycles. The van der Waals surface area contributed by atoms with Crippen molar-refractivity contribution in [3.63, 3.8) is 0 Å². The van der Waals surface area contributed by atoms with Gasteiger partial charge in [-0.2, -0.15) is 0 Å². The summed E-state index contributed by atoms with van der Waals surface area (Å²) in [5, 5.41) is 0. The molecule has 1 fully saturated rings.